The van der Waals surface area contributed by atoms with Crippen LogP contribution in [0.3, 0.4) is 0 Å². The average molecular weight is 293 g/mol. The summed E-state index contributed by atoms with van der Waals surface area (Å²) in [6, 6.07) is 9.50. The van der Waals surface area contributed by atoms with Crippen LogP contribution in [0, 0.1) is 11.3 Å². The van der Waals surface area contributed by atoms with Gasteiger partial charge in [0.2, 0.25) is 10.0 Å². The Balaban J connectivity index is 2.37. The summed E-state index contributed by atoms with van der Waals surface area (Å²) < 4.78 is 21.9. The molecule has 1 heterocycles. The van der Waals surface area contributed by atoms with Crippen LogP contribution >= 0.6 is 11.8 Å². The molecule has 0 unspecified atom stereocenters. The van der Waals surface area contributed by atoms with Crippen molar-refractivity contribution in [3.05, 3.63) is 36.0 Å². The van der Waals surface area contributed by atoms with Crippen LogP contribution in [0.4, 0.5) is 0 Å². The number of nitriles is 1. The second-order valence-corrected chi connectivity index (χ2v) is 6.68. The first-order valence-electron chi connectivity index (χ1n) is 5.42. The van der Waals surface area contributed by atoms with Crippen molar-refractivity contribution in [2.45, 2.75) is 4.90 Å². The third-order valence-electron chi connectivity index (χ3n) is 2.46. The summed E-state index contributed by atoms with van der Waals surface area (Å²) >= 11 is 1.31. The van der Waals surface area contributed by atoms with E-state index < -0.39 is 10.0 Å². The lowest BCUT2D eigenvalue weighted by molar-refractivity contribution is 0.599. The van der Waals surface area contributed by atoms with E-state index in [1.165, 1.54) is 18.0 Å². The predicted octanol–water partition coefficient (Wildman–Crippen LogP) is 1.49. The van der Waals surface area contributed by atoms with Gasteiger partial charge in [-0.2, -0.15) is 5.26 Å². The number of aromatic nitrogens is 1. The Morgan fingerprint density at radius 1 is 1.37 bits per heavy atom. The second-order valence-electron chi connectivity index (χ2n) is 3.85. The normalized spacial score (nSPS) is 11.4. The highest BCUT2D eigenvalue weighted by Gasteiger charge is 2.10. The number of fused-ring (bicyclic) bond motifs is 1. The molecule has 0 bridgehead atoms. The first-order chi connectivity index (χ1) is 9.01. The van der Waals surface area contributed by atoms with Crippen molar-refractivity contribution in [3.63, 3.8) is 0 Å². The Morgan fingerprint density at radius 3 is 2.79 bits per heavy atom. The van der Waals surface area contributed by atoms with Crippen molar-refractivity contribution < 1.29 is 8.42 Å². The zero-order chi connectivity index (χ0) is 13.9. The molecule has 0 atom stereocenters. The first-order valence-corrected chi connectivity index (χ1v) is 8.12. The number of nitrogens with two attached hydrogens (primary N) is 1. The van der Waals surface area contributed by atoms with Crippen LogP contribution in [-0.4, -0.2) is 24.9 Å². The van der Waals surface area contributed by atoms with Crippen molar-refractivity contribution >= 4 is 32.7 Å². The van der Waals surface area contributed by atoms with E-state index in [9.17, 15) is 8.42 Å². The molecule has 0 radical (unpaired) electrons. The quantitative estimate of drug-likeness (QED) is 0.861. The van der Waals surface area contributed by atoms with Crippen molar-refractivity contribution in [2.75, 3.05) is 11.5 Å². The molecule has 5 nitrogen and oxygen atoms in total. The second kappa shape index (κ2) is 5.57. The number of thioether (sulfide) groups is 1. The molecule has 2 rings (SSSR count). The van der Waals surface area contributed by atoms with Crippen LogP contribution in [0.25, 0.3) is 10.9 Å². The van der Waals surface area contributed by atoms with Gasteiger partial charge in [0.25, 0.3) is 0 Å². The highest BCUT2D eigenvalue weighted by atomic mass is 32.2. The van der Waals surface area contributed by atoms with E-state index in [1.54, 1.807) is 0 Å². The molecule has 0 amide bonds. The Hall–Kier alpha value is -1.62. The number of nitrogens with zero attached hydrogens (tertiary/aromatic N) is 2. The smallest absolute Gasteiger partial charge is 0.209 e. The van der Waals surface area contributed by atoms with Gasteiger partial charge in [0, 0.05) is 22.2 Å². The van der Waals surface area contributed by atoms with Gasteiger partial charge in [0.1, 0.15) is 6.07 Å². The van der Waals surface area contributed by atoms with Gasteiger partial charge in [-0.15, -0.1) is 11.8 Å². The number of primary sulfonamides is 1. The number of pyridine rings is 1. The topological polar surface area (TPSA) is 96.8 Å². The SMILES string of the molecule is N#Cc1cnc2ccccc2c1SCCS(N)(=O)=O. The predicted molar refractivity (Wildman–Crippen MR) is 75.2 cm³/mol. The van der Waals surface area contributed by atoms with E-state index in [2.05, 4.69) is 11.1 Å². The third kappa shape index (κ3) is 3.44. The van der Waals surface area contributed by atoms with Gasteiger partial charge in [0.15, 0.2) is 0 Å². The zero-order valence-electron chi connectivity index (χ0n) is 9.91. The lowest BCUT2D eigenvalue weighted by Gasteiger charge is -2.07. The van der Waals surface area contributed by atoms with Crippen LogP contribution in [0.1, 0.15) is 5.56 Å². The molecule has 0 spiro atoms. The number of benzene rings is 1. The first kappa shape index (κ1) is 13.8. The summed E-state index contributed by atoms with van der Waals surface area (Å²) in [6.45, 7) is 0. The molecule has 19 heavy (non-hydrogen) atoms. The highest BCUT2D eigenvalue weighted by Crippen LogP contribution is 2.29. The maximum absolute atomic E-state index is 10.9. The van der Waals surface area contributed by atoms with Crippen LogP contribution in [0.2, 0.25) is 0 Å². The fraction of sp³-hybridized carbons (Fsp3) is 0.167. The average Bonchev–Trinajstić information content (AvgIpc) is 2.37. The molecule has 0 saturated carbocycles. The van der Waals surface area contributed by atoms with E-state index in [1.807, 2.05) is 24.3 Å². The molecule has 0 aliphatic rings. The van der Waals surface area contributed by atoms with Crippen LogP contribution < -0.4 is 5.14 Å². The van der Waals surface area contributed by atoms with Crippen LogP contribution in [-0.2, 0) is 10.0 Å². The van der Waals surface area contributed by atoms with E-state index in [0.717, 1.165) is 15.8 Å². The summed E-state index contributed by atoms with van der Waals surface area (Å²) in [5.74, 6) is 0.181. The van der Waals surface area contributed by atoms with Gasteiger partial charge < -0.3 is 0 Å². The molecule has 2 N–H and O–H groups in total. The van der Waals surface area contributed by atoms with Gasteiger partial charge in [-0.1, -0.05) is 18.2 Å². The van der Waals surface area contributed by atoms with Crippen molar-refractivity contribution in [2.24, 2.45) is 5.14 Å². The molecule has 0 aliphatic carbocycles. The fourth-order valence-corrected chi connectivity index (χ4v) is 3.66. The lowest BCUT2D eigenvalue weighted by atomic mass is 10.2. The molecule has 0 saturated heterocycles. The number of rotatable bonds is 4. The summed E-state index contributed by atoms with van der Waals surface area (Å²) in [5.41, 5.74) is 1.22. The van der Waals surface area contributed by atoms with Crippen molar-refractivity contribution in [1.82, 2.24) is 4.98 Å². The van der Waals surface area contributed by atoms with Crippen LogP contribution in [0.15, 0.2) is 35.4 Å². The summed E-state index contributed by atoms with van der Waals surface area (Å²) in [4.78, 5) is 4.94. The minimum Gasteiger partial charge on any atom is -0.255 e. The maximum Gasteiger partial charge on any atom is 0.209 e. The number of para-hydroxylation sites is 1. The minimum absolute atomic E-state index is 0.126. The monoisotopic (exact) mass is 293 g/mol. The molecule has 0 fully saturated rings. The summed E-state index contributed by atoms with van der Waals surface area (Å²) in [5, 5.41) is 14.9. The van der Waals surface area contributed by atoms with Gasteiger partial charge in [0.05, 0.1) is 16.8 Å². The van der Waals surface area contributed by atoms with Gasteiger partial charge in [-0.3, -0.25) is 4.98 Å². The van der Waals surface area contributed by atoms with Gasteiger partial charge >= 0.3 is 0 Å². The zero-order valence-corrected chi connectivity index (χ0v) is 11.5. The Kier molecular flexibility index (Phi) is 4.04. The minimum atomic E-state index is -3.49. The standard InChI is InChI=1S/C12H11N3O2S2/c13-7-9-8-15-11-4-2-1-3-10(11)12(9)18-5-6-19(14,16)17/h1-4,8H,5-6H2,(H2,14,16,17). The molecule has 0 aliphatic heterocycles. The van der Waals surface area contributed by atoms with E-state index in [0.29, 0.717) is 11.3 Å². The Morgan fingerprint density at radius 2 is 2.11 bits per heavy atom. The van der Waals surface area contributed by atoms with E-state index in [4.69, 9.17) is 10.4 Å². The van der Waals surface area contributed by atoms with Gasteiger partial charge in [-0.25, -0.2) is 13.6 Å². The highest BCUT2D eigenvalue weighted by molar-refractivity contribution is 8.00. The van der Waals surface area contributed by atoms with Gasteiger partial charge in [-0.05, 0) is 6.07 Å². The van der Waals surface area contributed by atoms with Crippen LogP contribution in [0.5, 0.6) is 0 Å². The largest absolute Gasteiger partial charge is 0.255 e. The third-order valence-corrected chi connectivity index (χ3v) is 4.63. The lowest BCUT2D eigenvalue weighted by Crippen LogP contribution is -2.17. The Bertz CT molecular complexity index is 751. The van der Waals surface area contributed by atoms with Crippen molar-refractivity contribution in [1.29, 1.82) is 5.26 Å². The maximum atomic E-state index is 10.9. The number of sulfonamides is 1. The molecular weight excluding hydrogens is 282 g/mol. The van der Waals surface area contributed by atoms with E-state index in [-0.39, 0.29) is 5.75 Å². The number of hydrogen-bond donors (Lipinski definition) is 1. The molecule has 1 aromatic heterocycles. The van der Waals surface area contributed by atoms with Crippen molar-refractivity contribution in [3.8, 4) is 6.07 Å². The molecule has 1 aromatic carbocycles. The molecule has 98 valence electrons. The fourth-order valence-electron chi connectivity index (χ4n) is 1.61. The summed E-state index contributed by atoms with van der Waals surface area (Å²) in [7, 11) is -3.49. The molecule has 7 heteroatoms. The Labute approximate surface area is 115 Å². The molecular formula is C12H11N3O2S2. The summed E-state index contributed by atoms with van der Waals surface area (Å²) in [6.07, 6.45) is 1.50. The number of hydrogen-bond acceptors (Lipinski definition) is 5. The molecule has 2 aromatic rings. The van der Waals surface area contributed by atoms with E-state index >= 15 is 0 Å².